The third-order valence-electron chi connectivity index (χ3n) is 3.27. The predicted octanol–water partition coefficient (Wildman–Crippen LogP) is 2.89. The van der Waals surface area contributed by atoms with Crippen molar-refractivity contribution < 1.29 is 9.53 Å². The van der Waals surface area contributed by atoms with Crippen molar-refractivity contribution in [1.82, 2.24) is 0 Å². The van der Waals surface area contributed by atoms with Crippen LogP contribution in [0.15, 0.2) is 41.0 Å². The second-order valence-electron chi connectivity index (χ2n) is 5.77. The van der Waals surface area contributed by atoms with Gasteiger partial charge in [0.25, 0.3) is 0 Å². The van der Waals surface area contributed by atoms with Gasteiger partial charge in [0.1, 0.15) is 0 Å². The Morgan fingerprint density at radius 1 is 1.25 bits per heavy atom. The molecule has 2 rings (SSSR count). The SMILES string of the molecule is COC(=O)C1=CCN(c2ccc(C(C)(C)C)cc2)N=C1. The number of ether oxygens (including phenoxy) is 1. The van der Waals surface area contributed by atoms with E-state index in [2.05, 4.69) is 54.9 Å². The van der Waals surface area contributed by atoms with Crippen LogP contribution in [-0.2, 0) is 14.9 Å². The van der Waals surface area contributed by atoms with Crippen molar-refractivity contribution in [3.8, 4) is 0 Å². The van der Waals surface area contributed by atoms with Crippen molar-refractivity contribution in [2.75, 3.05) is 18.7 Å². The van der Waals surface area contributed by atoms with Gasteiger partial charge in [-0.15, -0.1) is 0 Å². The lowest BCUT2D eigenvalue weighted by molar-refractivity contribution is -0.135. The lowest BCUT2D eigenvalue weighted by atomic mass is 9.87. The molecule has 1 aromatic carbocycles. The maximum atomic E-state index is 11.4. The topological polar surface area (TPSA) is 41.9 Å². The molecule has 0 aliphatic carbocycles. The summed E-state index contributed by atoms with van der Waals surface area (Å²) in [5.74, 6) is -0.350. The van der Waals surface area contributed by atoms with E-state index < -0.39 is 0 Å². The number of nitrogens with zero attached hydrogens (tertiary/aromatic N) is 2. The number of carbonyl (C=O) groups is 1. The Labute approximate surface area is 119 Å². The highest BCUT2D eigenvalue weighted by molar-refractivity contribution is 6.10. The van der Waals surface area contributed by atoms with Crippen LogP contribution in [0.4, 0.5) is 5.69 Å². The minimum atomic E-state index is -0.350. The average molecular weight is 272 g/mol. The first-order chi connectivity index (χ1) is 9.41. The lowest BCUT2D eigenvalue weighted by Gasteiger charge is -2.23. The lowest BCUT2D eigenvalue weighted by Crippen LogP contribution is -2.23. The standard InChI is InChI=1S/C16H20N2O2/c1-16(2,3)13-5-7-14(8-6-13)18-10-9-12(11-17-18)15(19)20-4/h5-9,11H,10H2,1-4H3. The van der Waals surface area contributed by atoms with Crippen LogP contribution in [0.25, 0.3) is 0 Å². The van der Waals surface area contributed by atoms with Crippen molar-refractivity contribution in [2.24, 2.45) is 5.10 Å². The zero-order valence-corrected chi connectivity index (χ0v) is 12.4. The first kappa shape index (κ1) is 14.3. The Morgan fingerprint density at radius 2 is 1.90 bits per heavy atom. The molecule has 0 unspecified atom stereocenters. The summed E-state index contributed by atoms with van der Waals surface area (Å²) in [6, 6.07) is 8.33. The van der Waals surface area contributed by atoms with E-state index in [9.17, 15) is 4.79 Å². The summed E-state index contributed by atoms with van der Waals surface area (Å²) in [4.78, 5) is 11.4. The minimum Gasteiger partial charge on any atom is -0.465 e. The molecular weight excluding hydrogens is 252 g/mol. The molecule has 0 amide bonds. The Balaban J connectivity index is 2.10. The van der Waals surface area contributed by atoms with Crippen LogP contribution in [0.1, 0.15) is 26.3 Å². The van der Waals surface area contributed by atoms with Crippen molar-refractivity contribution in [3.63, 3.8) is 0 Å². The highest BCUT2D eigenvalue weighted by atomic mass is 16.5. The monoisotopic (exact) mass is 272 g/mol. The van der Waals surface area contributed by atoms with E-state index in [1.54, 1.807) is 0 Å². The van der Waals surface area contributed by atoms with Crippen LogP contribution >= 0.6 is 0 Å². The molecule has 4 nitrogen and oxygen atoms in total. The van der Waals surface area contributed by atoms with Crippen LogP contribution in [0.2, 0.25) is 0 Å². The smallest absolute Gasteiger partial charge is 0.339 e. The van der Waals surface area contributed by atoms with Crippen LogP contribution < -0.4 is 5.01 Å². The van der Waals surface area contributed by atoms with Crippen molar-refractivity contribution in [2.45, 2.75) is 26.2 Å². The first-order valence-corrected chi connectivity index (χ1v) is 6.62. The van der Waals surface area contributed by atoms with E-state index in [0.717, 1.165) is 5.69 Å². The molecule has 20 heavy (non-hydrogen) atoms. The van der Waals surface area contributed by atoms with Crippen LogP contribution in [-0.4, -0.2) is 25.8 Å². The van der Waals surface area contributed by atoms with Gasteiger partial charge in [0.15, 0.2) is 0 Å². The summed E-state index contributed by atoms with van der Waals surface area (Å²) in [6.45, 7) is 7.13. The molecule has 0 saturated carbocycles. The zero-order valence-electron chi connectivity index (χ0n) is 12.4. The summed E-state index contributed by atoms with van der Waals surface area (Å²) in [7, 11) is 1.37. The third-order valence-corrected chi connectivity index (χ3v) is 3.27. The van der Waals surface area contributed by atoms with Crippen molar-refractivity contribution >= 4 is 17.9 Å². The third kappa shape index (κ3) is 3.07. The van der Waals surface area contributed by atoms with Gasteiger partial charge >= 0.3 is 5.97 Å². The molecule has 0 bridgehead atoms. The van der Waals surface area contributed by atoms with E-state index in [1.807, 2.05) is 11.1 Å². The second-order valence-corrected chi connectivity index (χ2v) is 5.77. The number of anilines is 1. The number of rotatable bonds is 2. The van der Waals surface area contributed by atoms with E-state index in [4.69, 9.17) is 0 Å². The number of hydrazone groups is 1. The van der Waals surface area contributed by atoms with Crippen molar-refractivity contribution in [1.29, 1.82) is 0 Å². The summed E-state index contributed by atoms with van der Waals surface area (Å²) in [5, 5.41) is 6.13. The second kappa shape index (κ2) is 5.49. The number of hydrogen-bond donors (Lipinski definition) is 0. The average Bonchev–Trinajstić information content (AvgIpc) is 2.46. The number of methoxy groups -OCH3 is 1. The molecule has 0 saturated heterocycles. The van der Waals surface area contributed by atoms with E-state index >= 15 is 0 Å². The first-order valence-electron chi connectivity index (χ1n) is 6.62. The van der Waals surface area contributed by atoms with Gasteiger partial charge in [0.05, 0.1) is 31.1 Å². The molecule has 0 aromatic heterocycles. The molecule has 1 heterocycles. The quantitative estimate of drug-likeness (QED) is 0.777. The Morgan fingerprint density at radius 3 is 2.35 bits per heavy atom. The molecular formula is C16H20N2O2. The summed E-state index contributed by atoms with van der Waals surface area (Å²) in [6.07, 6.45) is 3.35. The molecule has 4 heteroatoms. The highest BCUT2D eigenvalue weighted by Gasteiger charge is 2.16. The summed E-state index contributed by atoms with van der Waals surface area (Å²) in [5.41, 5.74) is 2.93. The zero-order chi connectivity index (χ0) is 14.8. The van der Waals surface area contributed by atoms with Crippen LogP contribution in [0.5, 0.6) is 0 Å². The largest absolute Gasteiger partial charge is 0.465 e. The summed E-state index contributed by atoms with van der Waals surface area (Å²) < 4.78 is 4.67. The fourth-order valence-corrected chi connectivity index (χ4v) is 1.98. The Bertz CT molecular complexity index is 551. The maximum absolute atomic E-state index is 11.4. The van der Waals surface area contributed by atoms with Gasteiger partial charge in [0, 0.05) is 0 Å². The Hall–Kier alpha value is -2.10. The van der Waals surface area contributed by atoms with Gasteiger partial charge in [-0.25, -0.2) is 4.79 Å². The van der Waals surface area contributed by atoms with Gasteiger partial charge < -0.3 is 4.74 Å². The predicted molar refractivity (Wildman–Crippen MR) is 81.1 cm³/mol. The number of esters is 1. The van der Waals surface area contributed by atoms with Gasteiger partial charge in [0.2, 0.25) is 0 Å². The minimum absolute atomic E-state index is 0.141. The van der Waals surface area contributed by atoms with Gasteiger partial charge in [-0.05, 0) is 29.2 Å². The number of hydrogen-bond acceptors (Lipinski definition) is 4. The normalized spacial score (nSPS) is 15.0. The van der Waals surface area contributed by atoms with Crippen molar-refractivity contribution in [3.05, 3.63) is 41.5 Å². The van der Waals surface area contributed by atoms with Crippen LogP contribution in [0, 0.1) is 0 Å². The molecule has 1 aliphatic rings. The molecule has 0 radical (unpaired) electrons. The molecule has 0 atom stereocenters. The van der Waals surface area contributed by atoms with E-state index in [1.165, 1.54) is 18.9 Å². The number of benzene rings is 1. The molecule has 1 aromatic rings. The fraction of sp³-hybridized carbons (Fsp3) is 0.375. The van der Waals surface area contributed by atoms with Gasteiger partial charge in [-0.2, -0.15) is 5.10 Å². The Kier molecular flexibility index (Phi) is 3.93. The van der Waals surface area contributed by atoms with E-state index in [-0.39, 0.29) is 11.4 Å². The summed E-state index contributed by atoms with van der Waals surface area (Å²) >= 11 is 0. The maximum Gasteiger partial charge on any atom is 0.339 e. The van der Waals surface area contributed by atoms with Crippen LogP contribution in [0.3, 0.4) is 0 Å². The molecule has 106 valence electrons. The molecule has 0 N–H and O–H groups in total. The number of carbonyl (C=O) groups excluding carboxylic acids is 1. The van der Waals surface area contributed by atoms with Gasteiger partial charge in [-0.3, -0.25) is 5.01 Å². The highest BCUT2D eigenvalue weighted by Crippen LogP contribution is 2.25. The molecule has 0 fully saturated rings. The van der Waals surface area contributed by atoms with E-state index in [0.29, 0.717) is 12.1 Å². The fourth-order valence-electron chi connectivity index (χ4n) is 1.98. The molecule has 1 aliphatic heterocycles. The van der Waals surface area contributed by atoms with Gasteiger partial charge in [-0.1, -0.05) is 32.9 Å². The molecule has 0 spiro atoms.